The Kier molecular flexibility index (Phi) is 3.36. The first-order valence-electron chi connectivity index (χ1n) is 7.41. The third kappa shape index (κ3) is 2.19. The molecular weight excluding hydrogens is 349 g/mol. The summed E-state index contributed by atoms with van der Waals surface area (Å²) in [6, 6.07) is 3.02. The SMILES string of the molecule is Cn1ccc(-c2cn(-c3c(F)ccc(F)c3F)c(=O)c3c(N)n[nH]c23)n1. The fraction of sp³-hybridized carbons (Fsp3) is 0.0625. The number of aromatic nitrogens is 5. The van der Waals surface area contributed by atoms with Gasteiger partial charge in [0.1, 0.15) is 11.1 Å². The monoisotopic (exact) mass is 360 g/mol. The maximum Gasteiger partial charge on any atom is 0.268 e. The molecule has 0 amide bonds. The van der Waals surface area contributed by atoms with Gasteiger partial charge >= 0.3 is 0 Å². The number of hydrogen-bond donors (Lipinski definition) is 2. The van der Waals surface area contributed by atoms with Crippen LogP contribution in [-0.4, -0.2) is 24.5 Å². The van der Waals surface area contributed by atoms with E-state index in [2.05, 4.69) is 15.3 Å². The van der Waals surface area contributed by atoms with E-state index >= 15 is 0 Å². The zero-order valence-corrected chi connectivity index (χ0v) is 13.3. The van der Waals surface area contributed by atoms with Gasteiger partial charge in [-0.25, -0.2) is 13.2 Å². The quantitative estimate of drug-likeness (QED) is 0.535. The van der Waals surface area contributed by atoms with Crippen LogP contribution in [0.25, 0.3) is 27.8 Å². The van der Waals surface area contributed by atoms with Crippen LogP contribution in [0.5, 0.6) is 0 Å². The van der Waals surface area contributed by atoms with Gasteiger partial charge in [0.05, 0.1) is 11.2 Å². The lowest BCUT2D eigenvalue weighted by molar-refractivity contribution is 0.487. The maximum atomic E-state index is 14.2. The number of halogens is 3. The van der Waals surface area contributed by atoms with E-state index in [-0.39, 0.29) is 16.7 Å². The molecule has 0 atom stereocenters. The van der Waals surface area contributed by atoms with E-state index in [1.807, 2.05) is 0 Å². The molecule has 0 fully saturated rings. The number of hydrogen-bond acceptors (Lipinski definition) is 4. The van der Waals surface area contributed by atoms with Crippen molar-refractivity contribution in [3.63, 3.8) is 0 Å². The molecule has 3 N–H and O–H groups in total. The van der Waals surface area contributed by atoms with Gasteiger partial charge in [-0.1, -0.05) is 0 Å². The lowest BCUT2D eigenvalue weighted by Gasteiger charge is -2.11. The summed E-state index contributed by atoms with van der Waals surface area (Å²) >= 11 is 0. The average Bonchev–Trinajstić information content (AvgIpc) is 3.20. The Balaban J connectivity index is 2.15. The molecule has 0 spiro atoms. The lowest BCUT2D eigenvalue weighted by atomic mass is 10.1. The Morgan fingerprint density at radius 1 is 1.15 bits per heavy atom. The summed E-state index contributed by atoms with van der Waals surface area (Å²) in [7, 11) is 1.68. The Labute approximate surface area is 143 Å². The number of benzene rings is 1. The third-order valence-corrected chi connectivity index (χ3v) is 4.00. The number of pyridine rings is 1. The summed E-state index contributed by atoms with van der Waals surface area (Å²) < 4.78 is 44.3. The Hall–Kier alpha value is -3.56. The molecule has 0 aliphatic heterocycles. The molecule has 0 saturated carbocycles. The summed E-state index contributed by atoms with van der Waals surface area (Å²) in [4.78, 5) is 12.8. The number of aromatic amines is 1. The highest BCUT2D eigenvalue weighted by molar-refractivity contribution is 5.97. The zero-order chi connectivity index (χ0) is 18.6. The number of nitrogens with zero attached hydrogens (tertiary/aromatic N) is 4. The summed E-state index contributed by atoms with van der Waals surface area (Å²) in [6.45, 7) is 0. The minimum atomic E-state index is -1.49. The molecule has 0 aliphatic rings. The van der Waals surface area contributed by atoms with Crippen molar-refractivity contribution in [1.82, 2.24) is 24.5 Å². The molecule has 0 radical (unpaired) electrons. The molecule has 0 unspecified atom stereocenters. The molecule has 0 saturated heterocycles. The van der Waals surface area contributed by atoms with E-state index in [4.69, 9.17) is 5.73 Å². The molecule has 4 aromatic rings. The van der Waals surface area contributed by atoms with Crippen LogP contribution in [0.4, 0.5) is 19.0 Å². The first-order valence-corrected chi connectivity index (χ1v) is 7.41. The Morgan fingerprint density at radius 2 is 1.88 bits per heavy atom. The molecule has 3 aromatic heterocycles. The number of nitrogen functional groups attached to an aromatic ring is 1. The van der Waals surface area contributed by atoms with Crippen molar-refractivity contribution in [2.75, 3.05) is 5.73 Å². The van der Waals surface area contributed by atoms with Crippen molar-refractivity contribution in [2.45, 2.75) is 0 Å². The predicted octanol–water partition coefficient (Wildman–Crippen LogP) is 2.11. The second-order valence-corrected chi connectivity index (χ2v) is 5.64. The summed E-state index contributed by atoms with van der Waals surface area (Å²) in [5.74, 6) is -4.01. The van der Waals surface area contributed by atoms with Crippen molar-refractivity contribution in [1.29, 1.82) is 0 Å². The number of H-pyrrole nitrogens is 1. The van der Waals surface area contributed by atoms with E-state index in [0.29, 0.717) is 21.9 Å². The van der Waals surface area contributed by atoms with Gasteiger partial charge < -0.3 is 5.73 Å². The van der Waals surface area contributed by atoms with Crippen molar-refractivity contribution < 1.29 is 13.2 Å². The number of nitrogens with one attached hydrogen (secondary N) is 1. The van der Waals surface area contributed by atoms with Gasteiger partial charge in [0, 0.05) is 25.0 Å². The van der Waals surface area contributed by atoms with E-state index < -0.39 is 28.7 Å². The van der Waals surface area contributed by atoms with Gasteiger partial charge in [-0.3, -0.25) is 19.1 Å². The van der Waals surface area contributed by atoms with Gasteiger partial charge in [0.2, 0.25) is 0 Å². The number of fused-ring (bicyclic) bond motifs is 1. The standard InChI is InChI=1S/C16H11F3N6O/c1-24-5-4-10(23-24)7-6-25(14-9(18)3-2-8(17)12(14)19)16(26)11-13(7)21-22-15(11)20/h2-6H,1H3,(H3,20,21,22). The minimum Gasteiger partial charge on any atom is -0.382 e. The van der Waals surface area contributed by atoms with E-state index in [1.54, 1.807) is 19.3 Å². The van der Waals surface area contributed by atoms with Crippen LogP contribution in [-0.2, 0) is 7.05 Å². The van der Waals surface area contributed by atoms with Crippen LogP contribution < -0.4 is 11.3 Å². The van der Waals surface area contributed by atoms with Crippen molar-refractivity contribution >= 4 is 16.7 Å². The Bertz CT molecular complexity index is 1220. The first kappa shape index (κ1) is 15.9. The molecule has 1 aromatic carbocycles. The molecule has 0 bridgehead atoms. The summed E-state index contributed by atoms with van der Waals surface area (Å²) in [6.07, 6.45) is 2.82. The molecule has 7 nitrogen and oxygen atoms in total. The second kappa shape index (κ2) is 5.48. The maximum absolute atomic E-state index is 14.2. The fourth-order valence-electron chi connectivity index (χ4n) is 2.80. The Morgan fingerprint density at radius 3 is 2.58 bits per heavy atom. The normalized spacial score (nSPS) is 11.4. The zero-order valence-electron chi connectivity index (χ0n) is 13.3. The van der Waals surface area contributed by atoms with Crippen LogP contribution in [0.2, 0.25) is 0 Å². The van der Waals surface area contributed by atoms with Gasteiger partial charge in [-0.15, -0.1) is 0 Å². The fourth-order valence-corrected chi connectivity index (χ4v) is 2.80. The van der Waals surface area contributed by atoms with Gasteiger partial charge in [0.15, 0.2) is 23.3 Å². The number of rotatable bonds is 2. The van der Waals surface area contributed by atoms with E-state index in [1.165, 1.54) is 10.9 Å². The largest absolute Gasteiger partial charge is 0.382 e. The molecule has 26 heavy (non-hydrogen) atoms. The highest BCUT2D eigenvalue weighted by Gasteiger charge is 2.22. The van der Waals surface area contributed by atoms with Crippen LogP contribution >= 0.6 is 0 Å². The number of anilines is 1. The predicted molar refractivity (Wildman–Crippen MR) is 88.2 cm³/mol. The van der Waals surface area contributed by atoms with Gasteiger partial charge in [-0.2, -0.15) is 10.2 Å². The van der Waals surface area contributed by atoms with Crippen LogP contribution in [0.1, 0.15) is 0 Å². The van der Waals surface area contributed by atoms with Crippen LogP contribution in [0.15, 0.2) is 35.4 Å². The topological polar surface area (TPSA) is 94.5 Å². The minimum absolute atomic E-state index is 0.0729. The number of nitrogens with two attached hydrogens (primary N) is 1. The van der Waals surface area contributed by atoms with Gasteiger partial charge in [0.25, 0.3) is 5.56 Å². The van der Waals surface area contributed by atoms with Crippen LogP contribution in [0.3, 0.4) is 0 Å². The van der Waals surface area contributed by atoms with Gasteiger partial charge in [-0.05, 0) is 18.2 Å². The van der Waals surface area contributed by atoms with Crippen LogP contribution in [0, 0.1) is 17.5 Å². The van der Waals surface area contributed by atoms with Crippen molar-refractivity contribution in [2.24, 2.45) is 7.05 Å². The number of aryl methyl sites for hydroxylation is 1. The van der Waals surface area contributed by atoms with E-state index in [9.17, 15) is 18.0 Å². The lowest BCUT2D eigenvalue weighted by Crippen LogP contribution is -2.21. The van der Waals surface area contributed by atoms with Crippen molar-refractivity contribution in [3.05, 3.63) is 58.4 Å². The van der Waals surface area contributed by atoms with Crippen molar-refractivity contribution in [3.8, 4) is 16.9 Å². The molecule has 0 aliphatic carbocycles. The third-order valence-electron chi connectivity index (χ3n) is 4.00. The highest BCUT2D eigenvalue weighted by Crippen LogP contribution is 2.28. The molecule has 4 rings (SSSR count). The molecule has 132 valence electrons. The average molecular weight is 360 g/mol. The molecule has 10 heteroatoms. The second-order valence-electron chi connectivity index (χ2n) is 5.64. The molecule has 3 heterocycles. The molecular formula is C16H11F3N6O. The first-order chi connectivity index (χ1) is 12.4. The van der Waals surface area contributed by atoms with E-state index in [0.717, 1.165) is 6.07 Å². The summed E-state index contributed by atoms with van der Waals surface area (Å²) in [5, 5.41) is 10.6. The smallest absolute Gasteiger partial charge is 0.268 e. The highest BCUT2D eigenvalue weighted by atomic mass is 19.2. The summed E-state index contributed by atoms with van der Waals surface area (Å²) in [5.41, 5.74) is 5.06.